The predicted octanol–water partition coefficient (Wildman–Crippen LogP) is 6.25. The molecule has 1 unspecified atom stereocenters. The highest BCUT2D eigenvalue weighted by Gasteiger charge is 2.44. The van der Waals surface area contributed by atoms with Gasteiger partial charge in [-0.2, -0.15) is 0 Å². The molecule has 1 atom stereocenters. The van der Waals surface area contributed by atoms with E-state index in [4.69, 9.17) is 13.9 Å². The first-order valence-corrected chi connectivity index (χ1v) is 13.7. The quantitative estimate of drug-likeness (QED) is 0.520. The number of hydrogen-bond donors (Lipinski definition) is 0. The molecule has 0 N–H and O–H groups in total. The smallest absolute Gasteiger partial charge is 0.410 e. The van der Waals surface area contributed by atoms with Crippen molar-refractivity contribution in [3.05, 3.63) is 29.8 Å². The molecular formula is C24H37NO4Si. The average Bonchev–Trinajstić information content (AvgIpc) is 2.96. The van der Waals surface area contributed by atoms with Crippen molar-refractivity contribution in [3.8, 4) is 11.5 Å². The summed E-state index contributed by atoms with van der Waals surface area (Å²) in [6, 6.07) is 6.10. The summed E-state index contributed by atoms with van der Waals surface area (Å²) < 4.78 is 18.5. The number of fused-ring (bicyclic) bond motifs is 1. The Morgan fingerprint density at radius 2 is 1.83 bits per heavy atom. The Bertz CT molecular complexity index is 863. The Kier molecular flexibility index (Phi) is 5.55. The van der Waals surface area contributed by atoms with Crippen LogP contribution >= 0.6 is 0 Å². The Balaban J connectivity index is 1.79. The maximum atomic E-state index is 12.5. The molecule has 2 heterocycles. The molecule has 2 aliphatic heterocycles. The summed E-state index contributed by atoms with van der Waals surface area (Å²) in [7, 11) is -1.90. The third-order valence-corrected chi connectivity index (χ3v) is 10.6. The largest absolute Gasteiger partial charge is 0.543 e. The van der Waals surface area contributed by atoms with Gasteiger partial charge in [-0.3, -0.25) is 0 Å². The molecule has 0 radical (unpaired) electrons. The highest BCUT2D eigenvalue weighted by molar-refractivity contribution is 6.74. The number of likely N-dealkylation sites (tertiary alicyclic amines) is 1. The molecule has 0 bridgehead atoms. The molecule has 5 nitrogen and oxygen atoms in total. The summed E-state index contributed by atoms with van der Waals surface area (Å²) in [5, 5.41) is 0.142. The summed E-state index contributed by atoms with van der Waals surface area (Å²) in [4.78, 5) is 14.2. The van der Waals surface area contributed by atoms with Gasteiger partial charge in [-0.15, -0.1) is 0 Å². The molecule has 1 aromatic rings. The topological polar surface area (TPSA) is 48.0 Å². The molecule has 2 aliphatic rings. The van der Waals surface area contributed by atoms with Gasteiger partial charge in [0.2, 0.25) is 8.32 Å². The molecule has 166 valence electrons. The number of carbonyl (C=O) groups excluding carboxylic acids is 1. The van der Waals surface area contributed by atoms with E-state index in [0.717, 1.165) is 29.1 Å². The van der Waals surface area contributed by atoms with Crippen molar-refractivity contribution < 1.29 is 18.7 Å². The number of benzene rings is 1. The molecule has 0 aromatic heterocycles. The number of hydrogen-bond acceptors (Lipinski definition) is 4. The lowest BCUT2D eigenvalue weighted by molar-refractivity contribution is 0.0248. The van der Waals surface area contributed by atoms with Crippen LogP contribution in [0.25, 0.3) is 5.57 Å². The van der Waals surface area contributed by atoms with Crippen molar-refractivity contribution in [3.63, 3.8) is 0 Å². The average molecular weight is 432 g/mol. The lowest BCUT2D eigenvalue weighted by Crippen LogP contribution is -2.44. The van der Waals surface area contributed by atoms with E-state index in [1.807, 2.05) is 32.9 Å². The summed E-state index contributed by atoms with van der Waals surface area (Å²) >= 11 is 0. The minimum Gasteiger partial charge on any atom is -0.543 e. The van der Waals surface area contributed by atoms with E-state index in [1.165, 1.54) is 0 Å². The van der Waals surface area contributed by atoms with Gasteiger partial charge in [0.1, 0.15) is 22.7 Å². The van der Waals surface area contributed by atoms with Crippen molar-refractivity contribution in [1.82, 2.24) is 4.90 Å². The molecule has 1 saturated heterocycles. The second-order valence-electron chi connectivity index (χ2n) is 11.2. The van der Waals surface area contributed by atoms with Crippen molar-refractivity contribution in [2.75, 3.05) is 13.1 Å². The zero-order chi connectivity index (χ0) is 22.5. The first-order chi connectivity index (χ1) is 13.6. The molecule has 1 fully saturated rings. The van der Waals surface area contributed by atoms with E-state index in [0.29, 0.717) is 13.1 Å². The highest BCUT2D eigenvalue weighted by atomic mass is 28.4. The minimum absolute atomic E-state index is 0.142. The van der Waals surface area contributed by atoms with Gasteiger partial charge < -0.3 is 18.8 Å². The van der Waals surface area contributed by atoms with E-state index in [2.05, 4.69) is 52.9 Å². The van der Waals surface area contributed by atoms with Crippen LogP contribution in [0.3, 0.4) is 0 Å². The van der Waals surface area contributed by atoms with Gasteiger partial charge in [-0.25, -0.2) is 4.79 Å². The molecule has 30 heavy (non-hydrogen) atoms. The second-order valence-corrected chi connectivity index (χ2v) is 15.9. The van der Waals surface area contributed by atoms with Gasteiger partial charge in [0.15, 0.2) is 0 Å². The fourth-order valence-electron chi connectivity index (χ4n) is 3.63. The molecule has 1 spiro atoms. The monoisotopic (exact) mass is 431 g/mol. The Hall–Kier alpha value is -1.95. The fourth-order valence-corrected chi connectivity index (χ4v) is 4.65. The SMILES string of the molecule is CC1=CC2(CCN(C(=O)OC(C)(C)C)C2)Oc2ccc(O[Si](C)(C)C(C)(C)C)cc21. The molecule has 6 heteroatoms. The van der Waals surface area contributed by atoms with Crippen molar-refractivity contribution in [2.45, 2.75) is 84.2 Å². The van der Waals surface area contributed by atoms with E-state index in [9.17, 15) is 4.79 Å². The summed E-state index contributed by atoms with van der Waals surface area (Å²) in [6.07, 6.45) is 2.64. The Morgan fingerprint density at radius 3 is 2.43 bits per heavy atom. The maximum absolute atomic E-state index is 12.5. The summed E-state index contributed by atoms with van der Waals surface area (Å²) in [6.45, 7) is 20.1. The Morgan fingerprint density at radius 1 is 1.17 bits per heavy atom. The maximum Gasteiger partial charge on any atom is 0.410 e. The van der Waals surface area contributed by atoms with Gasteiger partial charge in [-0.05, 0) is 75.7 Å². The highest BCUT2D eigenvalue weighted by Crippen LogP contribution is 2.43. The molecule has 1 amide bonds. The standard InChI is InChI=1S/C24H37NO4Si/c1-17-15-24(12-13-25(16-24)21(26)28-22(2,3)4)27-20-11-10-18(14-19(17)20)29-30(8,9)23(5,6)7/h10-11,14-15H,12-13,16H2,1-9H3. The van der Waals surface area contributed by atoms with Crippen LogP contribution in [0.5, 0.6) is 11.5 Å². The van der Waals surface area contributed by atoms with Gasteiger partial charge in [0.25, 0.3) is 0 Å². The number of nitrogens with zero attached hydrogens (tertiary/aromatic N) is 1. The van der Waals surface area contributed by atoms with Crippen LogP contribution in [0.15, 0.2) is 24.3 Å². The first-order valence-electron chi connectivity index (χ1n) is 10.8. The normalized spacial score (nSPS) is 21.8. The van der Waals surface area contributed by atoms with Crippen molar-refractivity contribution in [2.24, 2.45) is 0 Å². The van der Waals surface area contributed by atoms with Crippen LogP contribution in [-0.4, -0.2) is 43.6 Å². The van der Waals surface area contributed by atoms with Gasteiger partial charge >= 0.3 is 6.09 Å². The van der Waals surface area contributed by atoms with Crippen LogP contribution in [0.2, 0.25) is 18.1 Å². The number of ether oxygens (including phenoxy) is 2. The lowest BCUT2D eigenvalue weighted by atomic mass is 9.92. The Labute approximate surface area is 182 Å². The summed E-state index contributed by atoms with van der Waals surface area (Å²) in [5.41, 5.74) is 1.23. The number of allylic oxidation sites excluding steroid dienone is 1. The number of carbonyl (C=O) groups is 1. The number of rotatable bonds is 2. The first kappa shape index (κ1) is 22.7. The summed E-state index contributed by atoms with van der Waals surface area (Å²) in [5.74, 6) is 1.75. The zero-order valence-electron chi connectivity index (χ0n) is 20.0. The van der Waals surface area contributed by atoms with Gasteiger partial charge in [0.05, 0.1) is 6.54 Å². The van der Waals surface area contributed by atoms with Crippen LogP contribution in [-0.2, 0) is 4.74 Å². The van der Waals surface area contributed by atoms with Gasteiger partial charge in [0, 0.05) is 18.5 Å². The van der Waals surface area contributed by atoms with E-state index < -0.39 is 19.5 Å². The molecule has 3 rings (SSSR count). The molecular weight excluding hydrogens is 394 g/mol. The van der Waals surface area contributed by atoms with Crippen LogP contribution < -0.4 is 9.16 Å². The minimum atomic E-state index is -1.90. The van der Waals surface area contributed by atoms with E-state index in [-0.39, 0.29) is 11.1 Å². The molecule has 0 aliphatic carbocycles. The third kappa shape index (κ3) is 4.69. The molecule has 1 aromatic carbocycles. The molecule has 0 saturated carbocycles. The van der Waals surface area contributed by atoms with Crippen LogP contribution in [0, 0.1) is 0 Å². The van der Waals surface area contributed by atoms with Gasteiger partial charge in [-0.1, -0.05) is 20.8 Å². The van der Waals surface area contributed by atoms with E-state index >= 15 is 0 Å². The van der Waals surface area contributed by atoms with Crippen LogP contribution in [0.1, 0.15) is 60.5 Å². The predicted molar refractivity (Wildman–Crippen MR) is 124 cm³/mol. The zero-order valence-corrected chi connectivity index (χ0v) is 21.0. The fraction of sp³-hybridized carbons (Fsp3) is 0.625. The third-order valence-electron chi connectivity index (χ3n) is 6.26. The number of amides is 1. The van der Waals surface area contributed by atoms with E-state index in [1.54, 1.807) is 4.90 Å². The van der Waals surface area contributed by atoms with Crippen LogP contribution in [0.4, 0.5) is 4.79 Å². The second kappa shape index (κ2) is 7.33. The lowest BCUT2D eigenvalue weighted by Gasteiger charge is -2.37. The van der Waals surface area contributed by atoms with Crippen molar-refractivity contribution in [1.29, 1.82) is 0 Å². The van der Waals surface area contributed by atoms with Crippen molar-refractivity contribution >= 4 is 20.0 Å².